The molecular weight excluding hydrogens is 250 g/mol. The van der Waals surface area contributed by atoms with Crippen molar-refractivity contribution in [2.24, 2.45) is 16.6 Å². The molecule has 2 heterocycles. The molecule has 0 saturated carbocycles. The Balaban J connectivity index is 2.25. The fraction of sp³-hybridized carbons (Fsp3) is 0.688. The third-order valence-electron chi connectivity index (χ3n) is 4.85. The number of hydrogen-bond acceptors (Lipinski definition) is 3. The molecular formula is C16H27N3O. The van der Waals surface area contributed by atoms with Crippen LogP contribution in [0, 0.1) is 10.8 Å². The van der Waals surface area contributed by atoms with Crippen LogP contribution in [0.5, 0.6) is 0 Å². The highest BCUT2D eigenvalue weighted by atomic mass is 16.2. The van der Waals surface area contributed by atoms with Crippen molar-refractivity contribution in [2.45, 2.75) is 39.5 Å². The van der Waals surface area contributed by atoms with Crippen molar-refractivity contribution in [1.82, 2.24) is 10.2 Å². The van der Waals surface area contributed by atoms with Crippen LogP contribution in [0.3, 0.4) is 0 Å². The van der Waals surface area contributed by atoms with E-state index in [0.29, 0.717) is 12.2 Å². The summed E-state index contributed by atoms with van der Waals surface area (Å²) in [5.41, 5.74) is 7.16. The number of allylic oxidation sites excluding steroid dienone is 1. The Bertz CT molecular complexity index is 445. The lowest BCUT2D eigenvalue weighted by Crippen LogP contribution is -2.59. The molecule has 112 valence electrons. The molecule has 2 unspecified atom stereocenters. The summed E-state index contributed by atoms with van der Waals surface area (Å²) in [6, 6.07) is 0. The normalized spacial score (nSPS) is 35.1. The molecule has 0 aliphatic carbocycles. The first-order valence-corrected chi connectivity index (χ1v) is 7.43. The predicted octanol–water partition coefficient (Wildman–Crippen LogP) is 1.99. The van der Waals surface area contributed by atoms with E-state index in [2.05, 4.69) is 37.2 Å². The Morgan fingerprint density at radius 3 is 2.75 bits per heavy atom. The van der Waals surface area contributed by atoms with E-state index < -0.39 is 0 Å². The van der Waals surface area contributed by atoms with Gasteiger partial charge in [0.2, 0.25) is 5.91 Å². The summed E-state index contributed by atoms with van der Waals surface area (Å²) in [4.78, 5) is 14.9. The molecule has 1 amide bonds. The zero-order valence-electron chi connectivity index (χ0n) is 12.8. The average molecular weight is 277 g/mol. The standard InChI is InChI=1S/C16H27N3O/c1-5-15(4)9-16(7-6-13(3)18-14(16)20)11-19(10-15)8-12(2)17/h2-3,5-11,17H2,1,4H3,(H,18,20). The second kappa shape index (κ2) is 5.24. The van der Waals surface area contributed by atoms with Crippen LogP contribution in [0.25, 0.3) is 0 Å². The van der Waals surface area contributed by atoms with E-state index in [1.165, 1.54) is 0 Å². The van der Waals surface area contributed by atoms with Gasteiger partial charge in [-0.15, -0.1) is 0 Å². The monoisotopic (exact) mass is 277 g/mol. The highest BCUT2D eigenvalue weighted by Crippen LogP contribution is 2.47. The van der Waals surface area contributed by atoms with E-state index in [4.69, 9.17) is 5.73 Å². The van der Waals surface area contributed by atoms with Crippen molar-refractivity contribution < 1.29 is 4.79 Å². The Kier molecular flexibility index (Phi) is 3.96. The van der Waals surface area contributed by atoms with Gasteiger partial charge in [-0.1, -0.05) is 27.0 Å². The Morgan fingerprint density at radius 1 is 1.50 bits per heavy atom. The summed E-state index contributed by atoms with van der Waals surface area (Å²) >= 11 is 0. The molecule has 0 aromatic carbocycles. The van der Waals surface area contributed by atoms with Crippen LogP contribution < -0.4 is 11.1 Å². The number of likely N-dealkylation sites (tertiary alicyclic amines) is 1. The summed E-state index contributed by atoms with van der Waals surface area (Å²) < 4.78 is 0. The molecule has 0 aromatic heterocycles. The molecule has 2 atom stereocenters. The molecule has 2 aliphatic heterocycles. The van der Waals surface area contributed by atoms with Gasteiger partial charge in [0, 0.05) is 31.0 Å². The fourth-order valence-corrected chi connectivity index (χ4v) is 3.77. The van der Waals surface area contributed by atoms with Gasteiger partial charge in [-0.3, -0.25) is 9.69 Å². The van der Waals surface area contributed by atoms with Crippen LogP contribution in [0.4, 0.5) is 0 Å². The number of rotatable bonds is 3. The summed E-state index contributed by atoms with van der Waals surface area (Å²) in [6.07, 6.45) is 3.78. The predicted molar refractivity (Wildman–Crippen MR) is 81.7 cm³/mol. The van der Waals surface area contributed by atoms with Crippen molar-refractivity contribution in [3.05, 3.63) is 24.6 Å². The quantitative estimate of drug-likeness (QED) is 0.829. The molecule has 20 heavy (non-hydrogen) atoms. The third-order valence-corrected chi connectivity index (χ3v) is 4.85. The SMILES string of the molecule is C=C(N)CN1CC(C)(CC)CC2(CCC(=C)NC2=O)C1. The number of nitrogens with zero attached hydrogens (tertiary/aromatic N) is 1. The molecule has 2 rings (SSSR count). The van der Waals surface area contributed by atoms with Gasteiger partial charge in [0.05, 0.1) is 5.41 Å². The average Bonchev–Trinajstić information content (AvgIpc) is 2.33. The fourth-order valence-electron chi connectivity index (χ4n) is 3.77. The van der Waals surface area contributed by atoms with Gasteiger partial charge in [0.25, 0.3) is 0 Å². The lowest BCUT2D eigenvalue weighted by atomic mass is 9.63. The van der Waals surface area contributed by atoms with Gasteiger partial charge in [-0.05, 0) is 31.1 Å². The van der Waals surface area contributed by atoms with E-state index in [-0.39, 0.29) is 16.7 Å². The van der Waals surface area contributed by atoms with Crippen LogP contribution in [0.2, 0.25) is 0 Å². The summed E-state index contributed by atoms with van der Waals surface area (Å²) in [7, 11) is 0. The van der Waals surface area contributed by atoms with Crippen molar-refractivity contribution in [1.29, 1.82) is 0 Å². The van der Waals surface area contributed by atoms with Gasteiger partial charge in [0.1, 0.15) is 0 Å². The first-order valence-electron chi connectivity index (χ1n) is 7.43. The van der Waals surface area contributed by atoms with E-state index >= 15 is 0 Å². The second-order valence-electron chi connectivity index (χ2n) is 6.98. The molecule has 0 aromatic rings. The number of carbonyl (C=O) groups excluding carboxylic acids is 1. The summed E-state index contributed by atoms with van der Waals surface area (Å²) in [5, 5.41) is 2.96. The lowest BCUT2D eigenvalue weighted by Gasteiger charge is -2.51. The molecule has 2 saturated heterocycles. The zero-order chi connectivity index (χ0) is 15.0. The van der Waals surface area contributed by atoms with E-state index in [1.54, 1.807) is 0 Å². The van der Waals surface area contributed by atoms with Crippen LogP contribution in [0.15, 0.2) is 24.6 Å². The van der Waals surface area contributed by atoms with Gasteiger partial charge in [-0.25, -0.2) is 0 Å². The Labute approximate surface area is 122 Å². The molecule has 2 fully saturated rings. The van der Waals surface area contributed by atoms with Crippen molar-refractivity contribution in [2.75, 3.05) is 19.6 Å². The van der Waals surface area contributed by atoms with Gasteiger partial charge in [-0.2, -0.15) is 0 Å². The van der Waals surface area contributed by atoms with Crippen LogP contribution in [-0.4, -0.2) is 30.4 Å². The maximum Gasteiger partial charge on any atom is 0.231 e. The van der Waals surface area contributed by atoms with Crippen LogP contribution in [-0.2, 0) is 4.79 Å². The number of nitrogens with one attached hydrogen (secondary N) is 1. The van der Waals surface area contributed by atoms with E-state index in [1.807, 2.05) is 0 Å². The minimum atomic E-state index is -0.292. The Morgan fingerprint density at radius 2 is 2.20 bits per heavy atom. The summed E-state index contributed by atoms with van der Waals surface area (Å²) in [5.74, 6) is 0.140. The third kappa shape index (κ3) is 2.90. The molecule has 3 N–H and O–H groups in total. The molecule has 4 heteroatoms. The molecule has 2 aliphatic rings. The minimum absolute atomic E-state index is 0.140. The van der Waals surface area contributed by atoms with Crippen molar-refractivity contribution in [3.63, 3.8) is 0 Å². The van der Waals surface area contributed by atoms with Crippen LogP contribution >= 0.6 is 0 Å². The van der Waals surface area contributed by atoms with Crippen molar-refractivity contribution in [3.8, 4) is 0 Å². The van der Waals surface area contributed by atoms with Crippen molar-refractivity contribution >= 4 is 5.91 Å². The highest BCUT2D eigenvalue weighted by molar-refractivity contribution is 5.85. The number of amides is 1. The van der Waals surface area contributed by atoms with Crippen LogP contribution in [0.1, 0.15) is 39.5 Å². The lowest BCUT2D eigenvalue weighted by molar-refractivity contribution is -0.140. The molecule has 0 bridgehead atoms. The number of nitrogens with two attached hydrogens (primary N) is 1. The molecule has 0 radical (unpaired) electrons. The largest absolute Gasteiger partial charge is 0.401 e. The van der Waals surface area contributed by atoms with Gasteiger partial charge in [0.15, 0.2) is 0 Å². The number of carbonyl (C=O) groups is 1. The topological polar surface area (TPSA) is 58.4 Å². The Hall–Kier alpha value is -1.29. The second-order valence-corrected chi connectivity index (χ2v) is 6.98. The molecule has 4 nitrogen and oxygen atoms in total. The number of piperidine rings is 2. The smallest absolute Gasteiger partial charge is 0.231 e. The highest BCUT2D eigenvalue weighted by Gasteiger charge is 2.50. The van der Waals surface area contributed by atoms with Gasteiger partial charge < -0.3 is 11.1 Å². The maximum atomic E-state index is 12.6. The molecule has 1 spiro atoms. The minimum Gasteiger partial charge on any atom is -0.401 e. The number of hydrogen-bond donors (Lipinski definition) is 2. The first kappa shape index (κ1) is 15.1. The zero-order valence-corrected chi connectivity index (χ0v) is 12.8. The maximum absolute atomic E-state index is 12.6. The van der Waals surface area contributed by atoms with Gasteiger partial charge >= 0.3 is 0 Å². The van der Waals surface area contributed by atoms with E-state index in [9.17, 15) is 4.79 Å². The first-order chi connectivity index (χ1) is 9.28. The van der Waals surface area contributed by atoms with E-state index in [0.717, 1.165) is 44.5 Å². The summed E-state index contributed by atoms with van der Waals surface area (Å²) in [6.45, 7) is 14.6.